The van der Waals surface area contributed by atoms with Gasteiger partial charge in [0, 0.05) is 12.1 Å². The molecule has 3 rings (SSSR count). The molecule has 5 heteroatoms. The van der Waals surface area contributed by atoms with Crippen LogP contribution in [0.15, 0.2) is 47.5 Å². The average Bonchev–Trinajstić information content (AvgIpc) is 2.98. The number of carbonyl (C=O) groups is 1. The summed E-state index contributed by atoms with van der Waals surface area (Å²) in [5.41, 5.74) is 3.01. The Morgan fingerprint density at radius 2 is 1.92 bits per heavy atom. The first kappa shape index (κ1) is 17.4. The fourth-order valence-electron chi connectivity index (χ4n) is 2.75. The lowest BCUT2D eigenvalue weighted by Gasteiger charge is -2.03. The van der Waals surface area contributed by atoms with Gasteiger partial charge in [0.05, 0.1) is 17.3 Å². The highest BCUT2D eigenvalue weighted by Gasteiger charge is 2.09. The third-order valence-electron chi connectivity index (χ3n) is 4.14. The zero-order valence-electron chi connectivity index (χ0n) is 14.8. The Morgan fingerprint density at radius 1 is 1.16 bits per heavy atom. The van der Waals surface area contributed by atoms with E-state index >= 15 is 0 Å². The third kappa shape index (κ3) is 3.66. The van der Waals surface area contributed by atoms with Crippen LogP contribution >= 0.6 is 11.3 Å². The molecule has 2 aromatic carbocycles. The molecule has 0 saturated carbocycles. The van der Waals surface area contributed by atoms with E-state index in [4.69, 9.17) is 4.74 Å². The van der Waals surface area contributed by atoms with Crippen LogP contribution in [-0.4, -0.2) is 17.6 Å². The van der Waals surface area contributed by atoms with Crippen molar-refractivity contribution in [2.45, 2.75) is 33.2 Å². The van der Waals surface area contributed by atoms with Crippen LogP contribution in [0.2, 0.25) is 0 Å². The summed E-state index contributed by atoms with van der Waals surface area (Å²) >= 11 is 1.57. The lowest BCUT2D eigenvalue weighted by Crippen LogP contribution is -2.16. The fraction of sp³-hybridized carbons (Fsp3) is 0.300. The summed E-state index contributed by atoms with van der Waals surface area (Å²) in [4.78, 5) is 17.7. The highest BCUT2D eigenvalue weighted by molar-refractivity contribution is 7.16. The first-order valence-corrected chi connectivity index (χ1v) is 9.33. The molecular weight excluding hydrogens is 332 g/mol. The van der Waals surface area contributed by atoms with Crippen LogP contribution in [0.4, 0.5) is 0 Å². The van der Waals surface area contributed by atoms with E-state index in [0.717, 1.165) is 35.5 Å². The Labute approximate surface area is 151 Å². The van der Waals surface area contributed by atoms with Gasteiger partial charge in [-0.2, -0.15) is 4.99 Å². The lowest BCUT2D eigenvalue weighted by atomic mass is 10.2. The SMILES string of the molecule is CCCn1c(=NC(=O)c2ccc(OC)cc2)sc2cc(CC)ccc21. The van der Waals surface area contributed by atoms with Gasteiger partial charge in [0.25, 0.3) is 5.91 Å². The monoisotopic (exact) mass is 354 g/mol. The van der Waals surface area contributed by atoms with Gasteiger partial charge in [0.1, 0.15) is 5.75 Å². The summed E-state index contributed by atoms with van der Waals surface area (Å²) in [6.45, 7) is 5.12. The van der Waals surface area contributed by atoms with Crippen molar-refractivity contribution in [3.63, 3.8) is 0 Å². The molecule has 4 nitrogen and oxygen atoms in total. The number of aromatic nitrogens is 1. The number of amides is 1. The first-order valence-electron chi connectivity index (χ1n) is 8.51. The van der Waals surface area contributed by atoms with E-state index in [0.29, 0.717) is 5.56 Å². The summed E-state index contributed by atoms with van der Waals surface area (Å²) in [6.07, 6.45) is 1.99. The molecule has 1 amide bonds. The number of thiazole rings is 1. The van der Waals surface area contributed by atoms with Gasteiger partial charge >= 0.3 is 0 Å². The molecule has 25 heavy (non-hydrogen) atoms. The topological polar surface area (TPSA) is 43.6 Å². The van der Waals surface area contributed by atoms with E-state index < -0.39 is 0 Å². The Morgan fingerprint density at radius 3 is 2.56 bits per heavy atom. The van der Waals surface area contributed by atoms with Gasteiger partial charge in [-0.3, -0.25) is 4.79 Å². The van der Waals surface area contributed by atoms with Crippen molar-refractivity contribution in [3.8, 4) is 5.75 Å². The number of nitrogens with zero attached hydrogens (tertiary/aromatic N) is 2. The van der Waals surface area contributed by atoms with Crippen LogP contribution in [0.3, 0.4) is 0 Å². The minimum Gasteiger partial charge on any atom is -0.497 e. The van der Waals surface area contributed by atoms with Gasteiger partial charge in [0.2, 0.25) is 0 Å². The Hall–Kier alpha value is -2.40. The minimum atomic E-state index is -0.227. The maximum absolute atomic E-state index is 12.6. The lowest BCUT2D eigenvalue weighted by molar-refractivity contribution is 0.0998. The van der Waals surface area contributed by atoms with E-state index in [9.17, 15) is 4.79 Å². The number of carbonyl (C=O) groups excluding carboxylic acids is 1. The maximum atomic E-state index is 12.6. The van der Waals surface area contributed by atoms with Gasteiger partial charge in [0.15, 0.2) is 4.80 Å². The molecule has 0 bridgehead atoms. The number of fused-ring (bicyclic) bond motifs is 1. The van der Waals surface area contributed by atoms with Gasteiger partial charge < -0.3 is 9.30 Å². The van der Waals surface area contributed by atoms with Gasteiger partial charge in [-0.15, -0.1) is 0 Å². The molecule has 0 aliphatic heterocycles. The molecule has 0 saturated heterocycles. The molecular formula is C20H22N2O2S. The molecule has 130 valence electrons. The summed E-state index contributed by atoms with van der Waals surface area (Å²) in [6, 6.07) is 13.5. The Bertz CT molecular complexity index is 952. The van der Waals surface area contributed by atoms with Crippen LogP contribution in [0.25, 0.3) is 10.2 Å². The molecule has 0 radical (unpaired) electrons. The molecule has 1 heterocycles. The zero-order chi connectivity index (χ0) is 17.8. The van der Waals surface area contributed by atoms with Crippen LogP contribution in [-0.2, 0) is 13.0 Å². The predicted molar refractivity (Wildman–Crippen MR) is 102 cm³/mol. The largest absolute Gasteiger partial charge is 0.497 e. The van der Waals surface area contributed by atoms with Crippen molar-refractivity contribution in [1.29, 1.82) is 0 Å². The van der Waals surface area contributed by atoms with Crippen molar-refractivity contribution in [3.05, 3.63) is 58.4 Å². The van der Waals surface area contributed by atoms with Gasteiger partial charge in [-0.1, -0.05) is 31.3 Å². The molecule has 1 aromatic heterocycles. The molecule has 0 aliphatic rings. The van der Waals surface area contributed by atoms with Crippen LogP contribution in [0.1, 0.15) is 36.2 Å². The van der Waals surface area contributed by atoms with E-state index in [2.05, 4.69) is 41.6 Å². The maximum Gasteiger partial charge on any atom is 0.279 e. The Balaban J connectivity index is 2.06. The molecule has 0 unspecified atom stereocenters. The third-order valence-corrected chi connectivity index (χ3v) is 5.18. The van der Waals surface area contributed by atoms with Crippen molar-refractivity contribution in [2.75, 3.05) is 7.11 Å². The van der Waals surface area contributed by atoms with Gasteiger partial charge in [-0.05, 0) is 54.8 Å². The minimum absolute atomic E-state index is 0.227. The number of benzene rings is 2. The van der Waals surface area contributed by atoms with E-state index in [1.165, 1.54) is 10.3 Å². The second kappa shape index (κ2) is 7.66. The molecule has 0 fully saturated rings. The highest BCUT2D eigenvalue weighted by Crippen LogP contribution is 2.20. The van der Waals surface area contributed by atoms with Gasteiger partial charge in [-0.25, -0.2) is 0 Å². The summed E-state index contributed by atoms with van der Waals surface area (Å²) < 4.78 is 8.45. The number of hydrogen-bond acceptors (Lipinski definition) is 3. The van der Waals surface area contributed by atoms with Crippen LogP contribution < -0.4 is 9.54 Å². The first-order chi connectivity index (χ1) is 12.2. The normalized spacial score (nSPS) is 11.9. The highest BCUT2D eigenvalue weighted by atomic mass is 32.1. The smallest absolute Gasteiger partial charge is 0.279 e. The van der Waals surface area contributed by atoms with Crippen LogP contribution in [0, 0.1) is 0 Å². The fourth-order valence-corrected chi connectivity index (χ4v) is 3.87. The summed E-state index contributed by atoms with van der Waals surface area (Å²) in [5.74, 6) is 0.501. The molecule has 3 aromatic rings. The average molecular weight is 354 g/mol. The summed E-state index contributed by atoms with van der Waals surface area (Å²) in [5, 5.41) is 0. The van der Waals surface area contributed by atoms with Crippen molar-refractivity contribution >= 4 is 27.5 Å². The second-order valence-corrected chi connectivity index (χ2v) is 6.85. The number of hydrogen-bond donors (Lipinski definition) is 0. The zero-order valence-corrected chi connectivity index (χ0v) is 15.6. The number of aryl methyl sites for hydroxylation is 2. The van der Waals surface area contributed by atoms with Crippen molar-refractivity contribution in [1.82, 2.24) is 4.57 Å². The second-order valence-electron chi connectivity index (χ2n) is 5.84. The van der Waals surface area contributed by atoms with Crippen LogP contribution in [0.5, 0.6) is 5.75 Å². The van der Waals surface area contributed by atoms with Crippen molar-refractivity contribution < 1.29 is 9.53 Å². The van der Waals surface area contributed by atoms with E-state index in [1.54, 1.807) is 42.7 Å². The van der Waals surface area contributed by atoms with Crippen molar-refractivity contribution in [2.24, 2.45) is 4.99 Å². The quantitative estimate of drug-likeness (QED) is 0.680. The molecule has 0 atom stereocenters. The molecule has 0 aliphatic carbocycles. The van der Waals surface area contributed by atoms with E-state index in [1.807, 2.05) is 0 Å². The number of ether oxygens (including phenoxy) is 1. The molecule has 0 N–H and O–H groups in total. The molecule has 0 spiro atoms. The summed E-state index contributed by atoms with van der Waals surface area (Å²) in [7, 11) is 1.61. The number of methoxy groups -OCH3 is 1. The van der Waals surface area contributed by atoms with E-state index in [-0.39, 0.29) is 5.91 Å². The predicted octanol–water partition coefficient (Wildman–Crippen LogP) is 4.42. The standard InChI is InChI=1S/C20H22N2O2S/c1-4-12-22-17-11-6-14(5-2)13-18(17)25-20(22)21-19(23)15-7-9-16(24-3)10-8-15/h6-11,13H,4-5,12H2,1-3H3. The Kier molecular flexibility index (Phi) is 5.34. The number of rotatable bonds is 5.